The molecule has 1 saturated heterocycles. The number of amides is 1. The molecular weight excluding hydrogens is 258 g/mol. The minimum atomic E-state index is 0.197. The zero-order valence-electron chi connectivity index (χ0n) is 12.4. The second-order valence-electron chi connectivity index (χ2n) is 5.01. The minimum absolute atomic E-state index is 0.197. The fourth-order valence-corrected chi connectivity index (χ4v) is 3.22. The van der Waals surface area contributed by atoms with Crippen LogP contribution in [0.3, 0.4) is 0 Å². The molecule has 0 radical (unpaired) electrons. The molecule has 0 aromatic rings. The topological polar surface area (TPSA) is 44.4 Å². The first-order chi connectivity index (χ1) is 9.26. The van der Waals surface area contributed by atoms with Gasteiger partial charge in [-0.2, -0.15) is 11.8 Å². The highest BCUT2D eigenvalue weighted by Gasteiger charge is 2.16. The van der Waals surface area contributed by atoms with Gasteiger partial charge in [-0.1, -0.05) is 13.8 Å². The van der Waals surface area contributed by atoms with E-state index in [1.807, 2.05) is 11.8 Å². The average Bonchev–Trinajstić information content (AvgIpc) is 2.44. The summed E-state index contributed by atoms with van der Waals surface area (Å²) in [5.41, 5.74) is 0. The van der Waals surface area contributed by atoms with Crippen LogP contribution in [0.15, 0.2) is 0 Å². The Morgan fingerprint density at radius 3 is 2.79 bits per heavy atom. The van der Waals surface area contributed by atoms with Crippen molar-refractivity contribution < 1.29 is 4.79 Å². The quantitative estimate of drug-likeness (QED) is 0.628. The zero-order chi connectivity index (χ0) is 13.9. The summed E-state index contributed by atoms with van der Waals surface area (Å²) in [6.45, 7) is 9.62. The van der Waals surface area contributed by atoms with E-state index in [-0.39, 0.29) is 5.91 Å². The molecule has 19 heavy (non-hydrogen) atoms. The molecule has 0 aromatic carbocycles. The van der Waals surface area contributed by atoms with Gasteiger partial charge < -0.3 is 15.5 Å². The van der Waals surface area contributed by atoms with Gasteiger partial charge in [-0.25, -0.2) is 0 Å². The second-order valence-corrected chi connectivity index (χ2v) is 6.16. The fraction of sp³-hybridized carbons (Fsp3) is 0.929. The van der Waals surface area contributed by atoms with Gasteiger partial charge in [0.2, 0.25) is 5.91 Å². The number of hydrogen-bond acceptors (Lipinski definition) is 4. The van der Waals surface area contributed by atoms with E-state index in [0.717, 1.165) is 44.9 Å². The number of hydrogen-bond donors (Lipinski definition) is 2. The number of carbonyl (C=O) groups is 1. The molecule has 1 aliphatic rings. The van der Waals surface area contributed by atoms with Gasteiger partial charge in [-0.3, -0.25) is 4.79 Å². The standard InChI is InChI=1S/C14H29N3OS/c1-3-17(4-2)9-6-5-7-16-14(18)11-13-12-19-10-8-15-13/h13,15H,3-12H2,1-2H3,(H,16,18). The van der Waals surface area contributed by atoms with Crippen molar-refractivity contribution in [3.05, 3.63) is 0 Å². The van der Waals surface area contributed by atoms with Gasteiger partial charge in [0, 0.05) is 37.1 Å². The molecule has 1 fully saturated rings. The fourth-order valence-electron chi connectivity index (χ4n) is 2.27. The van der Waals surface area contributed by atoms with E-state index >= 15 is 0 Å². The lowest BCUT2D eigenvalue weighted by Crippen LogP contribution is -2.41. The van der Waals surface area contributed by atoms with Crippen LogP contribution in [0.25, 0.3) is 0 Å². The van der Waals surface area contributed by atoms with Crippen LogP contribution in [0, 0.1) is 0 Å². The lowest BCUT2D eigenvalue weighted by atomic mass is 10.2. The number of nitrogens with one attached hydrogen (secondary N) is 2. The van der Waals surface area contributed by atoms with Crippen molar-refractivity contribution in [3.8, 4) is 0 Å². The molecule has 1 unspecified atom stereocenters. The Labute approximate surface area is 122 Å². The molecule has 0 bridgehead atoms. The average molecular weight is 287 g/mol. The molecule has 5 heteroatoms. The monoisotopic (exact) mass is 287 g/mol. The van der Waals surface area contributed by atoms with Crippen molar-refractivity contribution in [1.29, 1.82) is 0 Å². The maximum atomic E-state index is 11.7. The Hall–Kier alpha value is -0.260. The van der Waals surface area contributed by atoms with Crippen LogP contribution in [0.2, 0.25) is 0 Å². The molecule has 0 aromatic heterocycles. The third kappa shape index (κ3) is 7.80. The van der Waals surface area contributed by atoms with E-state index in [2.05, 4.69) is 29.4 Å². The van der Waals surface area contributed by atoms with Gasteiger partial charge >= 0.3 is 0 Å². The van der Waals surface area contributed by atoms with Gasteiger partial charge in [0.25, 0.3) is 0 Å². The zero-order valence-corrected chi connectivity index (χ0v) is 13.2. The second kappa shape index (κ2) is 10.5. The Balaban J connectivity index is 1.97. The van der Waals surface area contributed by atoms with Gasteiger partial charge in [0.05, 0.1) is 0 Å². The van der Waals surface area contributed by atoms with Crippen LogP contribution < -0.4 is 10.6 Å². The lowest BCUT2D eigenvalue weighted by Gasteiger charge is -2.22. The normalized spacial score (nSPS) is 19.6. The third-order valence-electron chi connectivity index (χ3n) is 3.55. The van der Waals surface area contributed by atoms with Crippen molar-refractivity contribution in [2.75, 3.05) is 44.2 Å². The first-order valence-corrected chi connectivity index (χ1v) is 8.71. The van der Waals surface area contributed by atoms with Gasteiger partial charge in [0.1, 0.15) is 0 Å². The predicted molar refractivity (Wildman–Crippen MR) is 83.8 cm³/mol. The number of rotatable bonds is 9. The molecule has 1 rings (SSSR count). The van der Waals surface area contributed by atoms with Gasteiger partial charge in [-0.15, -0.1) is 0 Å². The first kappa shape index (κ1) is 16.8. The summed E-state index contributed by atoms with van der Waals surface area (Å²) in [5.74, 6) is 2.43. The highest BCUT2D eigenvalue weighted by Crippen LogP contribution is 2.09. The summed E-state index contributed by atoms with van der Waals surface area (Å²) in [4.78, 5) is 14.2. The summed E-state index contributed by atoms with van der Waals surface area (Å²) in [5, 5.41) is 6.43. The maximum absolute atomic E-state index is 11.7. The Bertz CT molecular complexity index is 241. The van der Waals surface area contributed by atoms with Crippen LogP contribution in [0.1, 0.15) is 33.1 Å². The molecule has 4 nitrogen and oxygen atoms in total. The molecule has 0 saturated carbocycles. The molecule has 1 heterocycles. The minimum Gasteiger partial charge on any atom is -0.356 e. The molecule has 0 spiro atoms. The van der Waals surface area contributed by atoms with Crippen LogP contribution in [0.5, 0.6) is 0 Å². The van der Waals surface area contributed by atoms with Gasteiger partial charge in [0.15, 0.2) is 0 Å². The van der Waals surface area contributed by atoms with Gasteiger partial charge in [-0.05, 0) is 32.5 Å². The molecular formula is C14H29N3OS. The summed E-state index contributed by atoms with van der Waals surface area (Å²) >= 11 is 1.94. The van der Waals surface area contributed by atoms with E-state index in [4.69, 9.17) is 0 Å². The number of nitrogens with zero attached hydrogens (tertiary/aromatic N) is 1. The maximum Gasteiger partial charge on any atom is 0.221 e. The van der Waals surface area contributed by atoms with Crippen molar-refractivity contribution in [2.45, 2.75) is 39.2 Å². The highest BCUT2D eigenvalue weighted by molar-refractivity contribution is 7.99. The largest absolute Gasteiger partial charge is 0.356 e. The summed E-state index contributed by atoms with van der Waals surface area (Å²) < 4.78 is 0. The molecule has 2 N–H and O–H groups in total. The van der Waals surface area contributed by atoms with E-state index < -0.39 is 0 Å². The van der Waals surface area contributed by atoms with Crippen molar-refractivity contribution in [2.24, 2.45) is 0 Å². The number of thioether (sulfide) groups is 1. The van der Waals surface area contributed by atoms with E-state index in [1.54, 1.807) is 0 Å². The smallest absolute Gasteiger partial charge is 0.221 e. The Morgan fingerprint density at radius 2 is 2.16 bits per heavy atom. The van der Waals surface area contributed by atoms with E-state index in [9.17, 15) is 4.79 Å². The van der Waals surface area contributed by atoms with Crippen LogP contribution >= 0.6 is 11.8 Å². The highest BCUT2D eigenvalue weighted by atomic mass is 32.2. The van der Waals surface area contributed by atoms with Crippen LogP contribution in [-0.2, 0) is 4.79 Å². The third-order valence-corrected chi connectivity index (χ3v) is 4.68. The number of unbranched alkanes of at least 4 members (excludes halogenated alkanes) is 1. The molecule has 0 aliphatic carbocycles. The van der Waals surface area contributed by atoms with Crippen molar-refractivity contribution in [3.63, 3.8) is 0 Å². The van der Waals surface area contributed by atoms with Crippen LogP contribution in [-0.4, -0.2) is 61.1 Å². The van der Waals surface area contributed by atoms with E-state index in [0.29, 0.717) is 12.5 Å². The molecule has 1 atom stereocenters. The SMILES string of the molecule is CCN(CC)CCCCNC(=O)CC1CSCCN1. The van der Waals surface area contributed by atoms with Crippen LogP contribution in [0.4, 0.5) is 0 Å². The summed E-state index contributed by atoms with van der Waals surface area (Å²) in [6, 6.07) is 0.370. The molecule has 1 amide bonds. The number of carbonyl (C=O) groups excluding carboxylic acids is 1. The first-order valence-electron chi connectivity index (χ1n) is 7.56. The molecule has 112 valence electrons. The predicted octanol–water partition coefficient (Wildman–Crippen LogP) is 1.32. The Kier molecular flexibility index (Phi) is 9.30. The Morgan fingerprint density at radius 1 is 1.37 bits per heavy atom. The summed E-state index contributed by atoms with van der Waals surface area (Å²) in [7, 11) is 0. The molecule has 1 aliphatic heterocycles. The lowest BCUT2D eigenvalue weighted by molar-refractivity contribution is -0.121. The van der Waals surface area contributed by atoms with Crippen molar-refractivity contribution >= 4 is 17.7 Å². The van der Waals surface area contributed by atoms with E-state index in [1.165, 1.54) is 12.2 Å². The summed E-state index contributed by atoms with van der Waals surface area (Å²) in [6.07, 6.45) is 2.87. The van der Waals surface area contributed by atoms with Crippen molar-refractivity contribution in [1.82, 2.24) is 15.5 Å².